The second-order valence-electron chi connectivity index (χ2n) is 9.07. The molecule has 184 valence electrons. The Morgan fingerprint density at radius 3 is 2.62 bits per heavy atom. The van der Waals surface area contributed by atoms with Crippen molar-refractivity contribution in [1.82, 2.24) is 10.2 Å². The lowest BCUT2D eigenvalue weighted by Crippen LogP contribution is -2.47. The average molecular weight is 469 g/mol. The van der Waals surface area contributed by atoms with E-state index in [-0.39, 0.29) is 18.9 Å². The number of nitrogens with zero attached hydrogens (tertiary/aromatic N) is 1. The molecule has 7 heteroatoms. The number of aryl methyl sites for hydroxylation is 1. The van der Waals surface area contributed by atoms with Crippen LogP contribution in [0.5, 0.6) is 17.2 Å². The molecule has 0 unspecified atom stereocenters. The number of carbonyl (C=O) groups excluding carboxylic acids is 1. The summed E-state index contributed by atoms with van der Waals surface area (Å²) in [5.41, 5.74) is 1.96. The third kappa shape index (κ3) is 6.64. The van der Waals surface area contributed by atoms with E-state index in [9.17, 15) is 9.90 Å². The molecule has 2 aromatic rings. The quantitative estimate of drug-likeness (QED) is 0.556. The molecule has 2 aromatic carbocycles. The number of fused-ring (bicyclic) bond motifs is 1. The van der Waals surface area contributed by atoms with Crippen molar-refractivity contribution >= 4 is 5.91 Å². The molecule has 1 amide bonds. The third-order valence-corrected chi connectivity index (χ3v) is 6.57. The zero-order valence-corrected chi connectivity index (χ0v) is 20.0. The van der Waals surface area contributed by atoms with E-state index in [1.165, 1.54) is 5.56 Å². The van der Waals surface area contributed by atoms with Gasteiger partial charge in [-0.3, -0.25) is 4.79 Å². The minimum absolute atomic E-state index is 0.136. The van der Waals surface area contributed by atoms with E-state index in [0.717, 1.165) is 62.3 Å². The summed E-state index contributed by atoms with van der Waals surface area (Å²) in [7, 11) is 1.62. The molecule has 0 spiro atoms. The summed E-state index contributed by atoms with van der Waals surface area (Å²) < 4.78 is 16.8. The number of aliphatic hydroxyl groups excluding tert-OH is 1. The lowest BCUT2D eigenvalue weighted by atomic mass is 9.98. The van der Waals surface area contributed by atoms with Crippen LogP contribution in [-0.4, -0.2) is 61.9 Å². The maximum atomic E-state index is 12.8. The van der Waals surface area contributed by atoms with Gasteiger partial charge in [-0.15, -0.1) is 0 Å². The molecule has 0 saturated carbocycles. The fourth-order valence-corrected chi connectivity index (χ4v) is 4.61. The minimum atomic E-state index is -0.816. The Hall–Kier alpha value is -2.77. The molecule has 0 aromatic heterocycles. The molecule has 0 radical (unpaired) electrons. The van der Waals surface area contributed by atoms with E-state index in [1.807, 2.05) is 36.4 Å². The van der Waals surface area contributed by atoms with Crippen LogP contribution >= 0.6 is 0 Å². The van der Waals surface area contributed by atoms with Gasteiger partial charge in [0.05, 0.1) is 32.8 Å². The molecule has 1 saturated heterocycles. The van der Waals surface area contributed by atoms with Crippen molar-refractivity contribution in [2.24, 2.45) is 0 Å². The number of likely N-dealkylation sites (tertiary alicyclic amines) is 1. The summed E-state index contributed by atoms with van der Waals surface area (Å²) in [5, 5.41) is 14.3. The third-order valence-electron chi connectivity index (χ3n) is 6.57. The highest BCUT2D eigenvalue weighted by atomic mass is 16.5. The maximum absolute atomic E-state index is 12.8. The number of hydrogen-bond acceptors (Lipinski definition) is 6. The fourth-order valence-electron chi connectivity index (χ4n) is 4.61. The number of rotatable bonds is 10. The van der Waals surface area contributed by atoms with Gasteiger partial charge >= 0.3 is 0 Å². The van der Waals surface area contributed by atoms with Crippen LogP contribution in [-0.2, 0) is 11.2 Å². The van der Waals surface area contributed by atoms with Gasteiger partial charge in [-0.05, 0) is 86.7 Å². The number of carbonyl (C=O) groups is 1. The van der Waals surface area contributed by atoms with E-state index >= 15 is 0 Å². The Kier molecular flexibility index (Phi) is 8.66. The molecule has 2 N–H and O–H groups in total. The Balaban J connectivity index is 1.37. The number of ether oxygens (including phenoxy) is 3. The number of nitrogens with one attached hydrogen (secondary N) is 1. The van der Waals surface area contributed by atoms with E-state index in [0.29, 0.717) is 18.9 Å². The zero-order chi connectivity index (χ0) is 23.8. The number of aliphatic hydroxyl groups is 1. The first-order valence-electron chi connectivity index (χ1n) is 12.3. The Labute approximate surface area is 202 Å². The molecule has 2 heterocycles. The Morgan fingerprint density at radius 2 is 1.85 bits per heavy atom. The zero-order valence-electron chi connectivity index (χ0n) is 20.0. The molecular formula is C27H36N2O5. The molecule has 0 bridgehead atoms. The number of amides is 1. The second-order valence-corrected chi connectivity index (χ2v) is 9.07. The fraction of sp³-hybridized carbons (Fsp3) is 0.519. The smallest absolute Gasteiger partial charge is 0.223 e. The Bertz CT molecular complexity index is 927. The van der Waals surface area contributed by atoms with Crippen LogP contribution in [0.2, 0.25) is 0 Å². The standard InChI is InChI=1S/C27H36N2O5/c1-32-22-9-11-23(12-10-22)33-17-13-26(30)28-24(19-29-14-3-4-15-29)27(31)21-8-7-20-6-2-5-16-34-25(20)18-21/h7-12,18,24,27,31H,2-6,13-17,19H2,1H3,(H,28,30)/t24-,27-/m1/s1. The lowest BCUT2D eigenvalue weighted by molar-refractivity contribution is -0.123. The normalized spacial score (nSPS) is 17.7. The summed E-state index contributed by atoms with van der Waals surface area (Å²) in [4.78, 5) is 15.1. The summed E-state index contributed by atoms with van der Waals surface area (Å²) >= 11 is 0. The van der Waals surface area contributed by atoms with Crippen LogP contribution < -0.4 is 19.5 Å². The average Bonchev–Trinajstić information content (AvgIpc) is 3.26. The molecule has 4 rings (SSSR count). The Morgan fingerprint density at radius 1 is 1.09 bits per heavy atom. The van der Waals surface area contributed by atoms with E-state index < -0.39 is 12.1 Å². The number of benzene rings is 2. The van der Waals surface area contributed by atoms with E-state index in [1.54, 1.807) is 7.11 Å². The van der Waals surface area contributed by atoms with Crippen molar-refractivity contribution in [2.75, 3.05) is 40.0 Å². The molecular weight excluding hydrogens is 432 g/mol. The van der Waals surface area contributed by atoms with Gasteiger partial charge in [0.25, 0.3) is 0 Å². The van der Waals surface area contributed by atoms with Crippen molar-refractivity contribution in [3.63, 3.8) is 0 Å². The van der Waals surface area contributed by atoms with Gasteiger partial charge < -0.3 is 29.5 Å². The van der Waals surface area contributed by atoms with Gasteiger partial charge in [0.2, 0.25) is 5.91 Å². The van der Waals surface area contributed by atoms with Gasteiger partial charge in [-0.1, -0.05) is 12.1 Å². The van der Waals surface area contributed by atoms with Gasteiger partial charge in [-0.25, -0.2) is 0 Å². The largest absolute Gasteiger partial charge is 0.497 e. The second kappa shape index (κ2) is 12.1. The first kappa shape index (κ1) is 24.4. The molecule has 7 nitrogen and oxygen atoms in total. The SMILES string of the molecule is COc1ccc(OCCC(=O)N[C@H](CN2CCCC2)[C@H](O)c2ccc3c(c2)OCCCC3)cc1. The van der Waals surface area contributed by atoms with E-state index in [2.05, 4.69) is 16.3 Å². The first-order chi connectivity index (χ1) is 16.6. The van der Waals surface area contributed by atoms with Gasteiger partial charge in [0.15, 0.2) is 0 Å². The van der Waals surface area contributed by atoms with E-state index in [4.69, 9.17) is 14.2 Å². The van der Waals surface area contributed by atoms with Crippen molar-refractivity contribution in [2.45, 2.75) is 50.7 Å². The molecule has 34 heavy (non-hydrogen) atoms. The topological polar surface area (TPSA) is 80.3 Å². The number of hydrogen-bond donors (Lipinski definition) is 2. The van der Waals surface area contributed by atoms with Gasteiger partial charge in [0.1, 0.15) is 23.4 Å². The van der Waals surface area contributed by atoms with Crippen LogP contribution in [0.4, 0.5) is 0 Å². The predicted molar refractivity (Wildman–Crippen MR) is 131 cm³/mol. The van der Waals surface area contributed by atoms with Crippen molar-refractivity contribution < 1.29 is 24.1 Å². The summed E-state index contributed by atoms with van der Waals surface area (Å²) in [6.45, 7) is 3.57. The van der Waals surface area contributed by atoms with Gasteiger partial charge in [0, 0.05) is 6.54 Å². The maximum Gasteiger partial charge on any atom is 0.223 e. The van der Waals surface area contributed by atoms with Gasteiger partial charge in [-0.2, -0.15) is 0 Å². The monoisotopic (exact) mass is 468 g/mol. The molecule has 1 fully saturated rings. The van der Waals surface area contributed by atoms with Crippen LogP contribution in [0.15, 0.2) is 42.5 Å². The number of methoxy groups -OCH3 is 1. The van der Waals surface area contributed by atoms with Crippen molar-refractivity contribution in [3.8, 4) is 17.2 Å². The van der Waals surface area contributed by atoms with Crippen molar-refractivity contribution in [3.05, 3.63) is 53.6 Å². The van der Waals surface area contributed by atoms with Crippen LogP contribution in [0, 0.1) is 0 Å². The van der Waals surface area contributed by atoms with Crippen LogP contribution in [0.3, 0.4) is 0 Å². The highest BCUT2D eigenvalue weighted by Gasteiger charge is 2.27. The highest BCUT2D eigenvalue weighted by Crippen LogP contribution is 2.29. The lowest BCUT2D eigenvalue weighted by Gasteiger charge is -2.29. The van der Waals surface area contributed by atoms with Crippen LogP contribution in [0.25, 0.3) is 0 Å². The predicted octanol–water partition coefficient (Wildman–Crippen LogP) is 3.49. The highest BCUT2D eigenvalue weighted by molar-refractivity contribution is 5.76. The summed E-state index contributed by atoms with van der Waals surface area (Å²) in [6.07, 6.45) is 4.85. The summed E-state index contributed by atoms with van der Waals surface area (Å²) in [5.74, 6) is 2.16. The molecule has 2 aliphatic rings. The first-order valence-corrected chi connectivity index (χ1v) is 12.3. The molecule has 2 aliphatic heterocycles. The molecule has 2 atom stereocenters. The minimum Gasteiger partial charge on any atom is -0.497 e. The molecule has 0 aliphatic carbocycles. The van der Waals surface area contributed by atoms with Crippen molar-refractivity contribution in [1.29, 1.82) is 0 Å². The summed E-state index contributed by atoms with van der Waals surface area (Å²) in [6, 6.07) is 12.8. The van der Waals surface area contributed by atoms with Crippen LogP contribution in [0.1, 0.15) is 49.3 Å².